The van der Waals surface area contributed by atoms with E-state index < -0.39 is 5.82 Å². The van der Waals surface area contributed by atoms with Crippen LogP contribution in [0.4, 0.5) is 4.39 Å². The van der Waals surface area contributed by atoms with Crippen LogP contribution in [0.5, 0.6) is 0 Å². The van der Waals surface area contributed by atoms with Crippen LogP contribution in [0.1, 0.15) is 12.5 Å². The van der Waals surface area contributed by atoms with Crippen molar-refractivity contribution in [2.24, 2.45) is 10.8 Å². The number of hydrogen-bond donors (Lipinski definition) is 2. The third-order valence-electron chi connectivity index (χ3n) is 1.68. The van der Waals surface area contributed by atoms with Gasteiger partial charge in [-0.2, -0.15) is 0 Å². The lowest BCUT2D eigenvalue weighted by molar-refractivity contribution is -0.456. The summed E-state index contributed by atoms with van der Waals surface area (Å²) in [5, 5.41) is 7.10. The first-order valence-electron chi connectivity index (χ1n) is 4.64. The molecule has 17 heavy (non-hydrogen) atoms. The van der Waals surface area contributed by atoms with Crippen LogP contribution in [0.25, 0.3) is 0 Å². The fourth-order valence-electron chi connectivity index (χ4n) is 0.989. The molecule has 94 valence electrons. The smallest absolute Gasteiger partial charge is 0.225 e. The van der Waals surface area contributed by atoms with Gasteiger partial charge in [-0.3, -0.25) is 0 Å². The first kappa shape index (κ1) is 16.2. The van der Waals surface area contributed by atoms with Crippen molar-refractivity contribution in [2.45, 2.75) is 6.92 Å². The maximum atomic E-state index is 13.3. The predicted octanol–water partition coefficient (Wildman–Crippen LogP) is -2.03. The van der Waals surface area contributed by atoms with Gasteiger partial charge >= 0.3 is 0 Å². The molecule has 0 amide bonds. The molecule has 0 aliphatic rings. The van der Waals surface area contributed by atoms with E-state index in [1.807, 2.05) is 6.92 Å². The van der Waals surface area contributed by atoms with Crippen molar-refractivity contribution in [1.82, 2.24) is 0 Å². The number of nitrogens with two attached hydrogens (primary N) is 1. The second-order valence-corrected chi connectivity index (χ2v) is 4.48. The van der Waals surface area contributed by atoms with Gasteiger partial charge in [-0.1, -0.05) is 36.4 Å². The summed E-state index contributed by atoms with van der Waals surface area (Å²) in [6, 6.07) is 4.47. The van der Waals surface area contributed by atoms with Gasteiger partial charge < -0.3 is 18.1 Å². The number of nitrogens with one attached hydrogen (secondary N) is 1. The van der Waals surface area contributed by atoms with E-state index in [2.05, 4.69) is 10.2 Å². The largest absolute Gasteiger partial charge is 1.00 e. The average Bonchev–Trinajstić information content (AvgIpc) is 2.23. The predicted molar refractivity (Wildman–Crippen MR) is 67.3 cm³/mol. The van der Waals surface area contributed by atoms with Gasteiger partial charge in [0.1, 0.15) is 5.82 Å². The van der Waals surface area contributed by atoms with Crippen molar-refractivity contribution in [1.29, 1.82) is 0 Å². The number of thioether (sulfide) groups is 1. The molecule has 0 saturated heterocycles. The van der Waals surface area contributed by atoms with Gasteiger partial charge in [0.15, 0.2) is 0 Å². The molecule has 0 saturated carbocycles. The molecule has 0 aliphatic carbocycles. The molecule has 1 aromatic carbocycles. The van der Waals surface area contributed by atoms with E-state index in [9.17, 15) is 4.39 Å². The number of hydrazone groups is 1. The minimum Gasteiger partial charge on any atom is -1.00 e. The Morgan fingerprint density at radius 3 is 2.94 bits per heavy atom. The lowest BCUT2D eigenvalue weighted by Crippen LogP contribution is -3.00. The first-order valence-corrected chi connectivity index (χ1v) is 6.00. The Balaban J connectivity index is 0.00000256. The quantitative estimate of drug-likeness (QED) is 0.384. The van der Waals surface area contributed by atoms with Crippen LogP contribution in [-0.4, -0.2) is 17.1 Å². The molecule has 0 fully saturated rings. The Labute approximate surface area is 115 Å². The van der Waals surface area contributed by atoms with Crippen LogP contribution >= 0.6 is 23.4 Å². The molecule has 0 aromatic heterocycles. The molecule has 0 atom stereocenters. The molecular weight excluding hydrogens is 284 g/mol. The molecule has 0 bridgehead atoms. The number of nitrogens with zero attached hydrogens (tertiary/aromatic N) is 1. The van der Waals surface area contributed by atoms with Gasteiger partial charge in [0.05, 0.1) is 10.6 Å². The number of halogens is 3. The van der Waals surface area contributed by atoms with Crippen LogP contribution in [0.3, 0.4) is 0 Å². The van der Waals surface area contributed by atoms with Crippen LogP contribution in [0.15, 0.2) is 23.3 Å². The molecule has 0 spiro atoms. The summed E-state index contributed by atoms with van der Waals surface area (Å²) >= 11 is 7.20. The van der Waals surface area contributed by atoms with Crippen molar-refractivity contribution >= 4 is 34.7 Å². The molecule has 1 aromatic rings. The Hall–Kier alpha value is -0.780. The van der Waals surface area contributed by atoms with Crippen LogP contribution in [0, 0.1) is 5.82 Å². The highest BCUT2D eigenvalue weighted by molar-refractivity contribution is 8.13. The lowest BCUT2D eigenvalue weighted by Gasteiger charge is -1.94. The van der Waals surface area contributed by atoms with E-state index in [0.29, 0.717) is 10.2 Å². The van der Waals surface area contributed by atoms with Gasteiger partial charge in [0.25, 0.3) is 0 Å². The normalized spacial score (nSPS) is 11.6. The molecule has 0 unspecified atom stereocenters. The third-order valence-corrected chi connectivity index (χ3v) is 2.68. The van der Waals surface area contributed by atoms with E-state index >= 15 is 0 Å². The molecule has 1 rings (SSSR count). The molecule has 0 heterocycles. The van der Waals surface area contributed by atoms with E-state index in [1.165, 1.54) is 24.0 Å². The first-order chi connectivity index (χ1) is 7.65. The van der Waals surface area contributed by atoms with Crippen LogP contribution in [-0.2, 0) is 0 Å². The Morgan fingerprint density at radius 2 is 2.35 bits per heavy atom. The topological polar surface area (TPSA) is 52.3 Å². The minimum atomic E-state index is -0.406. The summed E-state index contributed by atoms with van der Waals surface area (Å²) in [5.74, 6) is 0.425. The number of rotatable bonds is 3. The van der Waals surface area contributed by atoms with E-state index in [4.69, 9.17) is 17.3 Å². The van der Waals surface area contributed by atoms with Crippen LogP contribution < -0.4 is 23.2 Å². The summed E-state index contributed by atoms with van der Waals surface area (Å²) in [6.07, 6.45) is 1.38. The van der Waals surface area contributed by atoms with Crippen molar-refractivity contribution < 1.29 is 21.9 Å². The highest BCUT2D eigenvalue weighted by Gasteiger charge is 2.06. The fourth-order valence-corrected chi connectivity index (χ4v) is 1.62. The number of amidine groups is 1. The maximum Gasteiger partial charge on any atom is 0.225 e. The highest BCUT2D eigenvalue weighted by atomic mass is 35.5. The molecular formula is C10H12Cl2FN3S. The number of hydrogen-bond acceptors (Lipinski definition) is 2. The molecule has 3 N–H and O–H groups in total. The second-order valence-electron chi connectivity index (χ2n) is 2.79. The monoisotopic (exact) mass is 295 g/mol. The number of benzene rings is 1. The van der Waals surface area contributed by atoms with Gasteiger partial charge in [0.2, 0.25) is 11.4 Å². The van der Waals surface area contributed by atoms with E-state index in [-0.39, 0.29) is 18.0 Å². The lowest BCUT2D eigenvalue weighted by atomic mass is 10.2. The zero-order chi connectivity index (χ0) is 12.0. The zero-order valence-corrected chi connectivity index (χ0v) is 11.4. The fraction of sp³-hybridized carbons (Fsp3) is 0.200. The molecule has 0 radical (unpaired) electrons. The Bertz CT molecular complexity index is 404. The average molecular weight is 296 g/mol. The standard InChI is InChI=1S/C10H11ClFN3S.ClH/c1-2-16-10(13)15-14-6-7-8(11)4-3-5-9(7)12;/h3-6H,2H2,1H3,(H2,13,15);1H/b14-6+;. The van der Waals surface area contributed by atoms with Gasteiger partial charge in [-0.25, -0.2) is 4.39 Å². The van der Waals surface area contributed by atoms with Crippen LogP contribution in [0.2, 0.25) is 5.02 Å². The van der Waals surface area contributed by atoms with Gasteiger partial charge in [-0.15, -0.1) is 5.10 Å². The molecule has 0 aliphatic heterocycles. The van der Waals surface area contributed by atoms with Gasteiger partial charge in [0, 0.05) is 5.10 Å². The SMILES string of the molecule is CCS/C(N)=N\[NH+]=C\c1c(F)cccc1Cl.[Cl-]. The Kier molecular flexibility index (Phi) is 7.95. The maximum absolute atomic E-state index is 13.3. The van der Waals surface area contributed by atoms with E-state index in [0.717, 1.165) is 5.75 Å². The van der Waals surface area contributed by atoms with Crippen molar-refractivity contribution in [3.63, 3.8) is 0 Å². The highest BCUT2D eigenvalue weighted by Crippen LogP contribution is 2.15. The van der Waals surface area contributed by atoms with Crippen molar-refractivity contribution in [3.05, 3.63) is 34.6 Å². The van der Waals surface area contributed by atoms with Gasteiger partial charge in [-0.05, 0) is 17.9 Å². The second kappa shape index (κ2) is 8.33. The van der Waals surface area contributed by atoms with Crippen molar-refractivity contribution in [3.8, 4) is 0 Å². The van der Waals surface area contributed by atoms with Crippen molar-refractivity contribution in [2.75, 3.05) is 5.75 Å². The summed E-state index contributed by atoms with van der Waals surface area (Å²) in [6.45, 7) is 1.96. The Morgan fingerprint density at radius 1 is 1.65 bits per heavy atom. The minimum absolute atomic E-state index is 0. The molecule has 7 heteroatoms. The summed E-state index contributed by atoms with van der Waals surface area (Å²) in [4.78, 5) is 0. The summed E-state index contributed by atoms with van der Waals surface area (Å²) in [7, 11) is 0. The summed E-state index contributed by atoms with van der Waals surface area (Å²) < 4.78 is 13.3. The van der Waals surface area contributed by atoms with E-state index in [1.54, 1.807) is 12.1 Å². The third kappa shape index (κ3) is 5.39. The molecule has 3 nitrogen and oxygen atoms in total. The zero-order valence-electron chi connectivity index (χ0n) is 9.08. The summed E-state index contributed by atoms with van der Waals surface area (Å²) in [5.41, 5.74) is 5.79.